The molecule has 15 heteroatoms. The van der Waals surface area contributed by atoms with Crippen LogP contribution in [0.3, 0.4) is 0 Å². The van der Waals surface area contributed by atoms with E-state index in [1.165, 1.54) is 4.90 Å². The molecule has 1 heterocycles. The number of nitrogens with zero attached hydrogens (tertiary/aromatic N) is 4. The first-order valence-electron chi connectivity index (χ1n) is 9.71. The van der Waals surface area contributed by atoms with Gasteiger partial charge in [0.15, 0.2) is 0 Å². The third kappa shape index (κ3) is 6.13. The van der Waals surface area contributed by atoms with Gasteiger partial charge in [0.05, 0.1) is 30.6 Å². The Kier molecular flexibility index (Phi) is 9.34. The molecule has 32 heavy (non-hydrogen) atoms. The van der Waals surface area contributed by atoms with Crippen molar-refractivity contribution in [2.75, 3.05) is 62.7 Å². The van der Waals surface area contributed by atoms with Crippen LogP contribution < -0.4 is 4.90 Å². The van der Waals surface area contributed by atoms with E-state index in [1.807, 2.05) is 4.90 Å². The molecule has 0 aromatic heterocycles. The lowest BCUT2D eigenvalue weighted by atomic mass is 10.0. The monoisotopic (exact) mass is 542 g/mol. The maximum absolute atomic E-state index is 13.9. The van der Waals surface area contributed by atoms with E-state index < -0.39 is 43.0 Å². The summed E-state index contributed by atoms with van der Waals surface area (Å²) in [5.74, 6) is 0. The third-order valence-electron chi connectivity index (χ3n) is 5.01. The van der Waals surface area contributed by atoms with E-state index in [2.05, 4.69) is 15.9 Å². The van der Waals surface area contributed by atoms with Crippen molar-refractivity contribution in [3.63, 3.8) is 0 Å². The van der Waals surface area contributed by atoms with Crippen molar-refractivity contribution < 1.29 is 31.6 Å². The number of nitro benzene ring substituents is 1. The number of anilines is 1. The number of hydrogen-bond acceptors (Lipinski definition) is 7. The average Bonchev–Trinajstić information content (AvgIpc) is 2.72. The SMILES string of the molecule is [B]CCN(CCBr)c1c(C(F)(F)F)cc([N+](=O)[O-])cc1S(=O)(=O)N1CCN(CCO)CC1. The third-order valence-corrected chi connectivity index (χ3v) is 7.28. The molecule has 0 atom stereocenters. The summed E-state index contributed by atoms with van der Waals surface area (Å²) in [5, 5.41) is 20.6. The number of aliphatic hydroxyl groups is 1. The van der Waals surface area contributed by atoms with Gasteiger partial charge in [-0.25, -0.2) is 8.42 Å². The van der Waals surface area contributed by atoms with Crippen molar-refractivity contribution >= 4 is 45.2 Å². The topological polar surface area (TPSA) is 107 Å². The van der Waals surface area contributed by atoms with E-state index >= 15 is 0 Å². The van der Waals surface area contributed by atoms with Crippen LogP contribution in [0.2, 0.25) is 6.32 Å². The number of β-amino-alcohol motifs (C(OH)–C–C–N with tert-alkyl or cyclic N) is 1. The number of aliphatic hydroxyl groups excluding tert-OH is 1. The van der Waals surface area contributed by atoms with Crippen LogP contribution in [-0.4, -0.2) is 93.2 Å². The quantitative estimate of drug-likeness (QED) is 0.207. The predicted molar refractivity (Wildman–Crippen MR) is 117 cm³/mol. The van der Waals surface area contributed by atoms with Gasteiger partial charge in [0.2, 0.25) is 10.0 Å². The van der Waals surface area contributed by atoms with Gasteiger partial charge in [0.25, 0.3) is 5.69 Å². The lowest BCUT2D eigenvalue weighted by Gasteiger charge is -2.35. The summed E-state index contributed by atoms with van der Waals surface area (Å²) >= 11 is 3.15. The predicted octanol–water partition coefficient (Wildman–Crippen LogP) is 1.70. The molecular weight excluding hydrogens is 520 g/mol. The summed E-state index contributed by atoms with van der Waals surface area (Å²) < 4.78 is 69.7. The van der Waals surface area contributed by atoms with Crippen molar-refractivity contribution in [1.82, 2.24) is 9.21 Å². The first-order valence-corrected chi connectivity index (χ1v) is 12.3. The Morgan fingerprint density at radius 3 is 2.31 bits per heavy atom. The summed E-state index contributed by atoms with van der Waals surface area (Å²) in [7, 11) is 1.04. The van der Waals surface area contributed by atoms with Crippen LogP contribution in [0.15, 0.2) is 17.0 Å². The number of halogens is 4. The molecule has 1 aliphatic heterocycles. The fraction of sp³-hybridized carbons (Fsp3) is 0.647. The number of alkyl halides is 4. The number of sulfonamides is 1. The van der Waals surface area contributed by atoms with E-state index in [4.69, 9.17) is 13.0 Å². The van der Waals surface area contributed by atoms with Crippen LogP contribution >= 0.6 is 15.9 Å². The fourth-order valence-corrected chi connectivity index (χ4v) is 5.61. The molecule has 1 aliphatic rings. The number of nitro groups is 1. The van der Waals surface area contributed by atoms with Crippen LogP contribution in [0.25, 0.3) is 0 Å². The summed E-state index contributed by atoms with van der Waals surface area (Å²) in [5.41, 5.74) is -3.02. The molecular formula is C17H23BBrF3N4O5S. The van der Waals surface area contributed by atoms with Crippen molar-refractivity contribution in [3.05, 3.63) is 27.8 Å². The van der Waals surface area contributed by atoms with Crippen LogP contribution in [0.4, 0.5) is 24.5 Å². The Balaban J connectivity index is 2.70. The largest absolute Gasteiger partial charge is 0.418 e. The molecule has 9 nitrogen and oxygen atoms in total. The average molecular weight is 543 g/mol. The van der Waals surface area contributed by atoms with Crippen LogP contribution in [0.5, 0.6) is 0 Å². The summed E-state index contributed by atoms with van der Waals surface area (Å²) in [6, 6.07) is 1.03. The minimum Gasteiger partial charge on any atom is -0.395 e. The van der Waals surface area contributed by atoms with Gasteiger partial charge < -0.3 is 10.0 Å². The standard InChI is InChI=1S/C17H23BBrF3N4O5S/c18-1-3-24(4-2-19)16-14(17(20,21)22)11-13(26(28)29)12-15(16)32(30,31)25-7-5-23(6-8-25)9-10-27/h11-12,27H,1-10H2. The molecule has 1 fully saturated rings. The highest BCUT2D eigenvalue weighted by Crippen LogP contribution is 2.43. The lowest BCUT2D eigenvalue weighted by Crippen LogP contribution is -2.49. The van der Waals surface area contributed by atoms with Crippen molar-refractivity contribution in [1.29, 1.82) is 0 Å². The first kappa shape index (κ1) is 26.8. The Morgan fingerprint density at radius 1 is 1.22 bits per heavy atom. The van der Waals surface area contributed by atoms with E-state index in [0.29, 0.717) is 18.7 Å². The van der Waals surface area contributed by atoms with Gasteiger partial charge in [-0.2, -0.15) is 17.5 Å². The Morgan fingerprint density at radius 2 is 1.84 bits per heavy atom. The second-order valence-corrected chi connectivity index (χ2v) is 9.73. The van der Waals surface area contributed by atoms with Crippen molar-refractivity contribution in [2.24, 2.45) is 0 Å². The van der Waals surface area contributed by atoms with Gasteiger partial charge in [-0.1, -0.05) is 22.3 Å². The van der Waals surface area contributed by atoms with E-state index in [0.717, 1.165) is 4.31 Å². The minimum atomic E-state index is -5.04. The van der Waals surface area contributed by atoms with Crippen LogP contribution in [0.1, 0.15) is 5.56 Å². The molecule has 0 spiro atoms. The van der Waals surface area contributed by atoms with Gasteiger partial charge >= 0.3 is 6.18 Å². The summed E-state index contributed by atoms with van der Waals surface area (Å²) in [6.45, 7) is 0.627. The molecule has 1 saturated heterocycles. The lowest BCUT2D eigenvalue weighted by molar-refractivity contribution is -0.385. The summed E-state index contributed by atoms with van der Waals surface area (Å²) in [6.07, 6.45) is -5.09. The first-order chi connectivity index (χ1) is 15.0. The maximum Gasteiger partial charge on any atom is 0.418 e. The number of piperazine rings is 1. The highest BCUT2D eigenvalue weighted by Gasteiger charge is 2.42. The zero-order valence-corrected chi connectivity index (χ0v) is 19.5. The highest BCUT2D eigenvalue weighted by atomic mass is 79.9. The van der Waals surface area contributed by atoms with E-state index in [9.17, 15) is 31.7 Å². The fourth-order valence-electron chi connectivity index (χ4n) is 3.50. The van der Waals surface area contributed by atoms with Crippen molar-refractivity contribution in [3.8, 4) is 0 Å². The molecule has 1 aromatic carbocycles. The molecule has 1 aromatic rings. The minimum absolute atomic E-state index is 0.00485. The molecule has 1 N–H and O–H groups in total. The maximum atomic E-state index is 13.9. The van der Waals surface area contributed by atoms with Gasteiger partial charge in [0.1, 0.15) is 4.90 Å². The second kappa shape index (κ2) is 11.1. The Hall–Kier alpha value is -1.42. The molecule has 2 rings (SSSR count). The number of benzene rings is 1. The highest BCUT2D eigenvalue weighted by molar-refractivity contribution is 9.09. The van der Waals surface area contributed by atoms with Gasteiger partial charge in [-0.15, -0.1) is 0 Å². The van der Waals surface area contributed by atoms with E-state index in [1.54, 1.807) is 0 Å². The van der Waals surface area contributed by atoms with Gasteiger partial charge in [-0.05, 0) is 0 Å². The van der Waals surface area contributed by atoms with Crippen LogP contribution in [0, 0.1) is 10.1 Å². The molecule has 0 amide bonds. The normalized spacial score (nSPS) is 16.3. The van der Waals surface area contributed by atoms with E-state index in [-0.39, 0.29) is 57.5 Å². The smallest absolute Gasteiger partial charge is 0.395 e. The molecule has 0 saturated carbocycles. The Labute approximate surface area is 193 Å². The van der Waals surface area contributed by atoms with Gasteiger partial charge in [0, 0.05) is 63.3 Å². The number of hydrogen-bond donors (Lipinski definition) is 1. The number of non-ortho nitro benzene ring substituents is 1. The molecule has 0 aliphatic carbocycles. The molecule has 0 bridgehead atoms. The molecule has 178 valence electrons. The van der Waals surface area contributed by atoms with Gasteiger partial charge in [-0.3, -0.25) is 15.0 Å². The number of rotatable bonds is 10. The zero-order valence-electron chi connectivity index (χ0n) is 17.1. The summed E-state index contributed by atoms with van der Waals surface area (Å²) in [4.78, 5) is 12.5. The zero-order chi connectivity index (χ0) is 24.1. The Bertz CT molecular complexity index is 908. The molecule has 2 radical (unpaired) electrons. The van der Waals surface area contributed by atoms with Crippen LogP contribution in [-0.2, 0) is 16.2 Å². The molecule has 0 unspecified atom stereocenters. The second-order valence-electron chi connectivity index (χ2n) is 7.03. The van der Waals surface area contributed by atoms with Crippen molar-refractivity contribution in [2.45, 2.75) is 17.4 Å².